The van der Waals surface area contributed by atoms with Gasteiger partial charge in [0.1, 0.15) is 0 Å². The lowest BCUT2D eigenvalue weighted by atomic mass is 9.87. The highest BCUT2D eigenvalue weighted by Gasteiger charge is 2.37. The number of ether oxygens (including phenoxy) is 1. The van der Waals surface area contributed by atoms with Crippen LogP contribution in [0.2, 0.25) is 0 Å². The van der Waals surface area contributed by atoms with Crippen molar-refractivity contribution < 1.29 is 9.84 Å². The van der Waals surface area contributed by atoms with E-state index in [0.29, 0.717) is 13.2 Å². The number of hydrogen-bond donors (Lipinski definition) is 2. The highest BCUT2D eigenvalue weighted by molar-refractivity contribution is 9.10. The summed E-state index contributed by atoms with van der Waals surface area (Å²) < 4.78 is 6.24. The average Bonchev–Trinajstić information content (AvgIpc) is 2.19. The molecule has 4 heteroatoms. The normalized spacial score (nSPS) is 17.9. The van der Waals surface area contributed by atoms with Crippen LogP contribution in [0, 0.1) is 12.3 Å². The second kappa shape index (κ2) is 4.73. The molecule has 0 amide bonds. The van der Waals surface area contributed by atoms with Gasteiger partial charge in [-0.15, -0.1) is 0 Å². The largest absolute Gasteiger partial charge is 0.396 e. The van der Waals surface area contributed by atoms with E-state index < -0.39 is 0 Å². The van der Waals surface area contributed by atoms with Crippen molar-refractivity contribution >= 4 is 21.6 Å². The first-order valence-electron chi connectivity index (χ1n) is 5.34. The van der Waals surface area contributed by atoms with Crippen molar-refractivity contribution in [2.45, 2.75) is 6.92 Å². The molecule has 1 fully saturated rings. The van der Waals surface area contributed by atoms with Gasteiger partial charge in [-0.25, -0.2) is 0 Å². The molecule has 0 spiro atoms. The van der Waals surface area contributed by atoms with Crippen LogP contribution in [0.1, 0.15) is 5.56 Å². The van der Waals surface area contributed by atoms with Gasteiger partial charge in [-0.05, 0) is 30.7 Å². The van der Waals surface area contributed by atoms with E-state index in [1.54, 1.807) is 0 Å². The highest BCUT2D eigenvalue weighted by Crippen LogP contribution is 2.28. The predicted octanol–water partition coefficient (Wildman–Crippen LogP) is 2.18. The van der Waals surface area contributed by atoms with E-state index in [2.05, 4.69) is 34.2 Å². The second-order valence-electron chi connectivity index (χ2n) is 4.46. The summed E-state index contributed by atoms with van der Waals surface area (Å²) in [5.41, 5.74) is 2.23. The molecule has 1 aromatic rings. The van der Waals surface area contributed by atoms with Gasteiger partial charge in [-0.2, -0.15) is 0 Å². The molecule has 1 aliphatic heterocycles. The van der Waals surface area contributed by atoms with Gasteiger partial charge in [0.05, 0.1) is 25.2 Å². The maximum atomic E-state index is 9.30. The number of aliphatic hydroxyl groups excluding tert-OH is 1. The first kappa shape index (κ1) is 11.9. The van der Waals surface area contributed by atoms with Crippen LogP contribution in [-0.4, -0.2) is 31.5 Å². The van der Waals surface area contributed by atoms with Crippen LogP contribution in [-0.2, 0) is 4.74 Å². The molecule has 0 atom stereocenters. The highest BCUT2D eigenvalue weighted by atomic mass is 79.9. The van der Waals surface area contributed by atoms with Gasteiger partial charge in [-0.3, -0.25) is 0 Å². The van der Waals surface area contributed by atoms with Crippen LogP contribution in [0.3, 0.4) is 0 Å². The van der Waals surface area contributed by atoms with Gasteiger partial charge in [0, 0.05) is 16.7 Å². The van der Waals surface area contributed by atoms with E-state index in [-0.39, 0.29) is 12.0 Å². The Bertz CT molecular complexity index is 372. The molecule has 0 aliphatic carbocycles. The van der Waals surface area contributed by atoms with Gasteiger partial charge < -0.3 is 15.2 Å². The Labute approximate surface area is 104 Å². The fourth-order valence-corrected chi connectivity index (χ4v) is 2.22. The summed E-state index contributed by atoms with van der Waals surface area (Å²) in [7, 11) is 0. The summed E-state index contributed by atoms with van der Waals surface area (Å²) in [5.74, 6) is 0. The molecule has 0 radical (unpaired) electrons. The number of benzene rings is 1. The zero-order chi connectivity index (χ0) is 11.6. The summed E-state index contributed by atoms with van der Waals surface area (Å²) >= 11 is 3.44. The van der Waals surface area contributed by atoms with Gasteiger partial charge in [0.2, 0.25) is 0 Å². The van der Waals surface area contributed by atoms with Gasteiger partial charge in [-0.1, -0.05) is 15.9 Å². The Hall–Kier alpha value is -0.580. The van der Waals surface area contributed by atoms with E-state index in [9.17, 15) is 5.11 Å². The molecule has 3 nitrogen and oxygen atoms in total. The molecular weight excluding hydrogens is 270 g/mol. The third-order valence-electron chi connectivity index (χ3n) is 2.99. The third kappa shape index (κ3) is 2.39. The zero-order valence-electron chi connectivity index (χ0n) is 9.29. The molecule has 1 saturated heterocycles. The van der Waals surface area contributed by atoms with Crippen LogP contribution in [0.25, 0.3) is 0 Å². The maximum absolute atomic E-state index is 9.30. The molecule has 88 valence electrons. The van der Waals surface area contributed by atoms with Crippen molar-refractivity contribution in [3.05, 3.63) is 28.2 Å². The van der Waals surface area contributed by atoms with Crippen LogP contribution >= 0.6 is 15.9 Å². The summed E-state index contributed by atoms with van der Waals surface area (Å²) in [4.78, 5) is 0. The predicted molar refractivity (Wildman–Crippen MR) is 67.7 cm³/mol. The third-order valence-corrected chi connectivity index (χ3v) is 3.49. The van der Waals surface area contributed by atoms with Crippen molar-refractivity contribution in [2.75, 3.05) is 31.7 Å². The standard InChI is InChI=1S/C12H16BrNO2/c1-9-4-10(13)2-3-11(9)14-5-12(6-15)7-16-8-12/h2-4,14-15H,5-8H2,1H3. The first-order chi connectivity index (χ1) is 7.65. The molecule has 2 N–H and O–H groups in total. The number of hydrogen-bond acceptors (Lipinski definition) is 3. The van der Waals surface area contributed by atoms with E-state index in [4.69, 9.17) is 4.74 Å². The van der Waals surface area contributed by atoms with E-state index in [0.717, 1.165) is 16.7 Å². The lowest BCUT2D eigenvalue weighted by molar-refractivity contribution is -0.128. The number of anilines is 1. The molecular formula is C12H16BrNO2. The Balaban J connectivity index is 1.99. The molecule has 0 bridgehead atoms. The fraction of sp³-hybridized carbons (Fsp3) is 0.500. The number of aliphatic hydroxyl groups is 1. The van der Waals surface area contributed by atoms with E-state index >= 15 is 0 Å². The Morgan fingerprint density at radius 2 is 2.25 bits per heavy atom. The van der Waals surface area contributed by atoms with Crippen LogP contribution in [0.4, 0.5) is 5.69 Å². The smallest absolute Gasteiger partial charge is 0.0584 e. The van der Waals surface area contributed by atoms with Crippen LogP contribution < -0.4 is 5.32 Å². The lowest BCUT2D eigenvalue weighted by Gasteiger charge is -2.40. The number of rotatable bonds is 4. The molecule has 2 rings (SSSR count). The van der Waals surface area contributed by atoms with E-state index in [1.807, 2.05) is 12.1 Å². The Morgan fingerprint density at radius 3 is 2.75 bits per heavy atom. The molecule has 0 unspecified atom stereocenters. The first-order valence-corrected chi connectivity index (χ1v) is 6.13. The van der Waals surface area contributed by atoms with Crippen molar-refractivity contribution in [3.63, 3.8) is 0 Å². The minimum absolute atomic E-state index is 0.0838. The molecule has 1 aromatic carbocycles. The lowest BCUT2D eigenvalue weighted by Crippen LogP contribution is -2.50. The van der Waals surface area contributed by atoms with E-state index in [1.165, 1.54) is 5.56 Å². The number of halogens is 1. The SMILES string of the molecule is Cc1cc(Br)ccc1NCC1(CO)COC1. The zero-order valence-corrected chi connectivity index (χ0v) is 10.9. The molecule has 0 aromatic heterocycles. The van der Waals surface area contributed by atoms with Gasteiger partial charge >= 0.3 is 0 Å². The molecule has 0 saturated carbocycles. The average molecular weight is 286 g/mol. The maximum Gasteiger partial charge on any atom is 0.0584 e. The van der Waals surface area contributed by atoms with Crippen molar-refractivity contribution in [2.24, 2.45) is 5.41 Å². The fourth-order valence-electron chi connectivity index (χ4n) is 1.75. The molecule has 1 aliphatic rings. The Kier molecular flexibility index (Phi) is 3.52. The minimum atomic E-state index is -0.0838. The topological polar surface area (TPSA) is 41.5 Å². The molecule has 1 heterocycles. The summed E-state index contributed by atoms with van der Waals surface area (Å²) in [6, 6.07) is 6.13. The number of aryl methyl sites for hydroxylation is 1. The Morgan fingerprint density at radius 1 is 1.50 bits per heavy atom. The summed E-state index contributed by atoms with van der Waals surface area (Å²) in [5, 5.41) is 12.7. The molecule has 16 heavy (non-hydrogen) atoms. The monoisotopic (exact) mass is 285 g/mol. The number of nitrogens with one attached hydrogen (secondary N) is 1. The van der Waals surface area contributed by atoms with Crippen molar-refractivity contribution in [1.29, 1.82) is 0 Å². The minimum Gasteiger partial charge on any atom is -0.396 e. The van der Waals surface area contributed by atoms with Crippen molar-refractivity contribution in [3.8, 4) is 0 Å². The van der Waals surface area contributed by atoms with Crippen molar-refractivity contribution in [1.82, 2.24) is 0 Å². The summed E-state index contributed by atoms with van der Waals surface area (Å²) in [6.45, 7) is 4.29. The second-order valence-corrected chi connectivity index (χ2v) is 5.38. The van der Waals surface area contributed by atoms with Crippen LogP contribution in [0.15, 0.2) is 22.7 Å². The van der Waals surface area contributed by atoms with Crippen LogP contribution in [0.5, 0.6) is 0 Å². The van der Waals surface area contributed by atoms with Gasteiger partial charge in [0.15, 0.2) is 0 Å². The quantitative estimate of drug-likeness (QED) is 0.891. The van der Waals surface area contributed by atoms with Gasteiger partial charge in [0.25, 0.3) is 0 Å². The summed E-state index contributed by atoms with van der Waals surface area (Å²) in [6.07, 6.45) is 0.